The van der Waals surface area contributed by atoms with Gasteiger partial charge in [0, 0.05) is 12.2 Å². The molecule has 0 saturated carbocycles. The average molecular weight is 218 g/mol. The van der Waals surface area contributed by atoms with Gasteiger partial charge in [0.2, 0.25) is 0 Å². The Balaban J connectivity index is 1.90. The highest BCUT2D eigenvalue weighted by molar-refractivity contribution is 5.46. The number of rotatable bonds is 5. The van der Waals surface area contributed by atoms with Crippen molar-refractivity contribution in [2.45, 2.75) is 51.9 Å². The molecule has 1 aliphatic rings. The maximum atomic E-state index is 4.70. The molecular weight excluding hydrogens is 196 g/mol. The highest BCUT2D eigenvalue weighted by Crippen LogP contribution is 2.20. The van der Waals surface area contributed by atoms with Crippen molar-refractivity contribution in [2.24, 2.45) is 0 Å². The molecule has 1 aromatic heterocycles. The lowest BCUT2D eigenvalue weighted by Gasteiger charge is -2.17. The molecule has 0 saturated heterocycles. The molecule has 0 spiro atoms. The van der Waals surface area contributed by atoms with E-state index in [1.54, 1.807) is 0 Å². The van der Waals surface area contributed by atoms with E-state index in [9.17, 15) is 0 Å². The van der Waals surface area contributed by atoms with E-state index in [2.05, 4.69) is 24.4 Å². The molecule has 0 atom stereocenters. The Kier molecular flexibility index (Phi) is 4.20. The first-order chi connectivity index (χ1) is 7.90. The van der Waals surface area contributed by atoms with Gasteiger partial charge >= 0.3 is 0 Å². The summed E-state index contributed by atoms with van der Waals surface area (Å²) in [5, 5.41) is 3.39. The van der Waals surface area contributed by atoms with E-state index in [0.29, 0.717) is 0 Å². The minimum Gasteiger partial charge on any atom is -0.370 e. The standard InChI is InChI=1S/C14H22N2/c1-2-3-4-5-8-13-10-9-12-7-6-11-15-14(12)16-13/h9-10H,2-8,11H2,1H3,(H,15,16). The molecule has 2 rings (SSSR count). The molecule has 1 aliphatic heterocycles. The van der Waals surface area contributed by atoms with Crippen LogP contribution in [0.1, 0.15) is 50.3 Å². The van der Waals surface area contributed by atoms with Crippen LogP contribution >= 0.6 is 0 Å². The maximum Gasteiger partial charge on any atom is 0.129 e. The number of nitrogens with one attached hydrogen (secondary N) is 1. The zero-order valence-corrected chi connectivity index (χ0v) is 10.3. The second-order valence-corrected chi connectivity index (χ2v) is 4.65. The first-order valence-corrected chi connectivity index (χ1v) is 6.63. The number of anilines is 1. The monoisotopic (exact) mass is 218 g/mol. The summed E-state index contributed by atoms with van der Waals surface area (Å²) < 4.78 is 0. The van der Waals surface area contributed by atoms with Crippen molar-refractivity contribution in [1.29, 1.82) is 0 Å². The zero-order valence-electron chi connectivity index (χ0n) is 10.3. The molecule has 0 aliphatic carbocycles. The van der Waals surface area contributed by atoms with E-state index >= 15 is 0 Å². The number of fused-ring (bicyclic) bond motifs is 1. The fourth-order valence-corrected chi connectivity index (χ4v) is 2.24. The van der Waals surface area contributed by atoms with E-state index in [0.717, 1.165) is 18.8 Å². The summed E-state index contributed by atoms with van der Waals surface area (Å²) >= 11 is 0. The lowest BCUT2D eigenvalue weighted by atomic mass is 10.1. The van der Waals surface area contributed by atoms with Crippen molar-refractivity contribution in [3.8, 4) is 0 Å². The van der Waals surface area contributed by atoms with E-state index in [4.69, 9.17) is 4.98 Å². The van der Waals surface area contributed by atoms with Crippen molar-refractivity contribution >= 4 is 5.82 Å². The Morgan fingerprint density at radius 1 is 1.25 bits per heavy atom. The highest BCUT2D eigenvalue weighted by atomic mass is 15.0. The van der Waals surface area contributed by atoms with Gasteiger partial charge < -0.3 is 5.32 Å². The summed E-state index contributed by atoms with van der Waals surface area (Å²) in [7, 11) is 0. The number of pyridine rings is 1. The first kappa shape index (κ1) is 11.4. The number of aromatic nitrogens is 1. The van der Waals surface area contributed by atoms with Gasteiger partial charge in [0.15, 0.2) is 0 Å². The third-order valence-corrected chi connectivity index (χ3v) is 3.24. The fraction of sp³-hybridized carbons (Fsp3) is 0.643. The van der Waals surface area contributed by atoms with Gasteiger partial charge in [-0.1, -0.05) is 32.3 Å². The molecule has 0 aromatic carbocycles. The molecule has 88 valence electrons. The van der Waals surface area contributed by atoms with Crippen molar-refractivity contribution < 1.29 is 0 Å². The maximum absolute atomic E-state index is 4.70. The van der Waals surface area contributed by atoms with Gasteiger partial charge in [-0.3, -0.25) is 0 Å². The molecule has 0 radical (unpaired) electrons. The third kappa shape index (κ3) is 2.97. The molecule has 1 N–H and O–H groups in total. The molecule has 2 heteroatoms. The fourth-order valence-electron chi connectivity index (χ4n) is 2.24. The molecule has 1 aromatic rings. The van der Waals surface area contributed by atoms with E-state index in [1.165, 1.54) is 49.8 Å². The van der Waals surface area contributed by atoms with Gasteiger partial charge in [-0.25, -0.2) is 4.98 Å². The summed E-state index contributed by atoms with van der Waals surface area (Å²) in [6.45, 7) is 3.33. The van der Waals surface area contributed by atoms with Crippen LogP contribution in [0, 0.1) is 0 Å². The smallest absolute Gasteiger partial charge is 0.129 e. The Bertz CT molecular complexity index is 334. The van der Waals surface area contributed by atoms with Gasteiger partial charge in [-0.05, 0) is 37.3 Å². The van der Waals surface area contributed by atoms with Gasteiger partial charge in [0.05, 0.1) is 0 Å². The van der Waals surface area contributed by atoms with Crippen LogP contribution in [-0.2, 0) is 12.8 Å². The van der Waals surface area contributed by atoms with Crippen molar-refractivity contribution in [1.82, 2.24) is 4.98 Å². The SMILES string of the molecule is CCCCCCc1ccc2c(n1)NCCC2. The van der Waals surface area contributed by atoms with Crippen molar-refractivity contribution in [2.75, 3.05) is 11.9 Å². The van der Waals surface area contributed by atoms with Crippen LogP contribution in [-0.4, -0.2) is 11.5 Å². The van der Waals surface area contributed by atoms with Gasteiger partial charge in [0.1, 0.15) is 5.82 Å². The Hall–Kier alpha value is -1.05. The Morgan fingerprint density at radius 3 is 3.06 bits per heavy atom. The van der Waals surface area contributed by atoms with Gasteiger partial charge in [0.25, 0.3) is 0 Å². The lowest BCUT2D eigenvalue weighted by molar-refractivity contribution is 0.660. The number of aryl methyl sites for hydroxylation is 2. The van der Waals surface area contributed by atoms with Crippen molar-refractivity contribution in [3.63, 3.8) is 0 Å². The topological polar surface area (TPSA) is 24.9 Å². The highest BCUT2D eigenvalue weighted by Gasteiger charge is 2.09. The molecule has 2 nitrogen and oxygen atoms in total. The van der Waals surface area contributed by atoms with Crippen LogP contribution in [0.4, 0.5) is 5.82 Å². The van der Waals surface area contributed by atoms with Gasteiger partial charge in [-0.15, -0.1) is 0 Å². The summed E-state index contributed by atoms with van der Waals surface area (Å²) in [4.78, 5) is 4.70. The lowest BCUT2D eigenvalue weighted by Crippen LogP contribution is -2.13. The van der Waals surface area contributed by atoms with Crippen LogP contribution in [0.25, 0.3) is 0 Å². The van der Waals surface area contributed by atoms with E-state index in [1.807, 2.05) is 0 Å². The molecular formula is C14H22N2. The molecule has 2 heterocycles. The predicted octanol–water partition coefficient (Wildman–Crippen LogP) is 3.56. The Morgan fingerprint density at radius 2 is 2.19 bits per heavy atom. The molecule has 0 bridgehead atoms. The largest absolute Gasteiger partial charge is 0.370 e. The summed E-state index contributed by atoms with van der Waals surface area (Å²) in [6, 6.07) is 4.46. The van der Waals surface area contributed by atoms with Crippen LogP contribution in [0.2, 0.25) is 0 Å². The molecule has 16 heavy (non-hydrogen) atoms. The second kappa shape index (κ2) is 5.88. The van der Waals surface area contributed by atoms with Crippen LogP contribution in [0.3, 0.4) is 0 Å². The van der Waals surface area contributed by atoms with E-state index in [-0.39, 0.29) is 0 Å². The Labute approximate surface area is 98.5 Å². The summed E-state index contributed by atoms with van der Waals surface area (Å²) in [6.07, 6.45) is 8.83. The van der Waals surface area contributed by atoms with E-state index < -0.39 is 0 Å². The third-order valence-electron chi connectivity index (χ3n) is 3.24. The molecule has 0 fully saturated rings. The van der Waals surface area contributed by atoms with Crippen LogP contribution in [0.5, 0.6) is 0 Å². The second-order valence-electron chi connectivity index (χ2n) is 4.65. The number of unbranched alkanes of at least 4 members (excludes halogenated alkanes) is 3. The normalized spacial score (nSPS) is 14.3. The minimum atomic E-state index is 1.08. The van der Waals surface area contributed by atoms with Crippen LogP contribution < -0.4 is 5.32 Å². The van der Waals surface area contributed by atoms with Crippen LogP contribution in [0.15, 0.2) is 12.1 Å². The van der Waals surface area contributed by atoms with Crippen molar-refractivity contribution in [3.05, 3.63) is 23.4 Å². The number of hydrogen-bond donors (Lipinski definition) is 1. The zero-order chi connectivity index (χ0) is 11.2. The minimum absolute atomic E-state index is 1.08. The quantitative estimate of drug-likeness (QED) is 0.764. The average Bonchev–Trinajstić information content (AvgIpc) is 2.34. The number of hydrogen-bond acceptors (Lipinski definition) is 2. The molecule has 0 amide bonds. The summed E-state index contributed by atoms with van der Waals surface area (Å²) in [5.74, 6) is 1.14. The predicted molar refractivity (Wildman–Crippen MR) is 68.9 cm³/mol. The first-order valence-electron chi connectivity index (χ1n) is 6.63. The molecule has 0 unspecified atom stereocenters. The summed E-state index contributed by atoms with van der Waals surface area (Å²) in [5.41, 5.74) is 2.65. The van der Waals surface area contributed by atoms with Gasteiger partial charge in [-0.2, -0.15) is 0 Å². The number of nitrogens with zero attached hydrogens (tertiary/aromatic N) is 1.